The van der Waals surface area contributed by atoms with Crippen LogP contribution in [0.5, 0.6) is 0 Å². The SMILES string of the molecule is CC.CC/C=C\C(CCNCCCN)=C(/C)CC. The molecule has 18 heavy (non-hydrogen) atoms. The Kier molecular flexibility index (Phi) is 18.0. The van der Waals surface area contributed by atoms with Gasteiger partial charge in [0.1, 0.15) is 0 Å². The van der Waals surface area contributed by atoms with E-state index in [2.05, 4.69) is 38.2 Å². The number of hydrogen-bond acceptors (Lipinski definition) is 2. The molecule has 0 spiro atoms. The molecule has 0 aliphatic rings. The smallest absolute Gasteiger partial charge is 0.000836 e. The fraction of sp³-hybridized carbons (Fsp3) is 0.750. The molecule has 0 radical (unpaired) electrons. The highest BCUT2D eigenvalue weighted by molar-refractivity contribution is 5.24. The topological polar surface area (TPSA) is 38.0 Å². The Morgan fingerprint density at radius 2 is 1.83 bits per heavy atom. The van der Waals surface area contributed by atoms with Gasteiger partial charge in [-0.3, -0.25) is 0 Å². The van der Waals surface area contributed by atoms with E-state index in [1.54, 1.807) is 0 Å². The first-order chi connectivity index (χ1) is 8.76. The summed E-state index contributed by atoms with van der Waals surface area (Å²) in [7, 11) is 0. The van der Waals surface area contributed by atoms with Gasteiger partial charge < -0.3 is 11.1 Å². The Bertz CT molecular complexity index is 217. The van der Waals surface area contributed by atoms with Crippen LogP contribution in [0, 0.1) is 0 Å². The predicted molar refractivity (Wildman–Crippen MR) is 84.9 cm³/mol. The third kappa shape index (κ3) is 11.9. The van der Waals surface area contributed by atoms with Crippen LogP contribution in [0.1, 0.15) is 60.3 Å². The first-order valence-corrected chi connectivity index (χ1v) is 7.52. The normalized spacial score (nSPS) is 12.1. The molecule has 0 saturated carbocycles. The average molecular weight is 254 g/mol. The highest BCUT2D eigenvalue weighted by Gasteiger charge is 1.97. The standard InChI is InChI=1S/C14H28N2.C2H6/c1-4-6-8-14(13(3)5-2)9-12-16-11-7-10-15;1-2/h6,8,16H,4-5,7,9-12,15H2,1-3H3;1-2H3/b8-6-,14-13-;. The van der Waals surface area contributed by atoms with Crippen molar-refractivity contribution in [2.45, 2.75) is 60.3 Å². The van der Waals surface area contributed by atoms with Crippen molar-refractivity contribution >= 4 is 0 Å². The molecule has 0 aliphatic heterocycles. The van der Waals surface area contributed by atoms with Crippen molar-refractivity contribution in [2.24, 2.45) is 5.73 Å². The molecule has 2 heteroatoms. The summed E-state index contributed by atoms with van der Waals surface area (Å²) in [5, 5.41) is 3.42. The molecule has 0 saturated heterocycles. The molecule has 0 fully saturated rings. The molecule has 0 aliphatic carbocycles. The number of rotatable bonds is 9. The summed E-state index contributed by atoms with van der Waals surface area (Å²) in [6.45, 7) is 13.5. The zero-order valence-corrected chi connectivity index (χ0v) is 13.2. The van der Waals surface area contributed by atoms with Crippen LogP contribution in [-0.4, -0.2) is 19.6 Å². The molecule has 3 N–H and O–H groups in total. The highest BCUT2D eigenvalue weighted by atomic mass is 14.8. The lowest BCUT2D eigenvalue weighted by Gasteiger charge is -2.08. The Morgan fingerprint density at radius 1 is 1.17 bits per heavy atom. The van der Waals surface area contributed by atoms with Crippen LogP contribution in [0.4, 0.5) is 0 Å². The van der Waals surface area contributed by atoms with Crippen LogP contribution < -0.4 is 11.1 Å². The minimum atomic E-state index is 0.777. The minimum Gasteiger partial charge on any atom is -0.330 e. The van der Waals surface area contributed by atoms with Gasteiger partial charge in [-0.25, -0.2) is 0 Å². The monoisotopic (exact) mass is 254 g/mol. The van der Waals surface area contributed by atoms with Gasteiger partial charge in [-0.2, -0.15) is 0 Å². The van der Waals surface area contributed by atoms with Gasteiger partial charge in [-0.05, 0) is 57.8 Å². The van der Waals surface area contributed by atoms with Crippen molar-refractivity contribution < 1.29 is 0 Å². The van der Waals surface area contributed by atoms with Crippen LogP contribution in [-0.2, 0) is 0 Å². The van der Waals surface area contributed by atoms with Gasteiger partial charge >= 0.3 is 0 Å². The summed E-state index contributed by atoms with van der Waals surface area (Å²) in [5.41, 5.74) is 8.44. The van der Waals surface area contributed by atoms with Crippen LogP contribution in [0.2, 0.25) is 0 Å². The van der Waals surface area contributed by atoms with E-state index in [1.165, 1.54) is 11.1 Å². The Hall–Kier alpha value is -0.600. The number of nitrogens with two attached hydrogens (primary N) is 1. The highest BCUT2D eigenvalue weighted by Crippen LogP contribution is 2.13. The summed E-state index contributed by atoms with van der Waals surface area (Å²) in [5.74, 6) is 0. The number of hydrogen-bond donors (Lipinski definition) is 2. The molecule has 0 rings (SSSR count). The lowest BCUT2D eigenvalue weighted by Crippen LogP contribution is -2.19. The maximum atomic E-state index is 5.45. The first kappa shape index (κ1) is 19.7. The Balaban J connectivity index is 0. The lowest BCUT2D eigenvalue weighted by atomic mass is 10.0. The summed E-state index contributed by atoms with van der Waals surface area (Å²) >= 11 is 0. The van der Waals surface area contributed by atoms with Crippen LogP contribution in [0.15, 0.2) is 23.3 Å². The van der Waals surface area contributed by atoms with Crippen LogP contribution in [0.25, 0.3) is 0 Å². The second kappa shape index (κ2) is 16.4. The second-order valence-corrected chi connectivity index (χ2v) is 4.11. The molecular formula is C16H34N2. The van der Waals surface area contributed by atoms with Crippen LogP contribution >= 0.6 is 0 Å². The van der Waals surface area contributed by atoms with E-state index in [0.29, 0.717) is 0 Å². The van der Waals surface area contributed by atoms with Crippen molar-refractivity contribution in [3.05, 3.63) is 23.3 Å². The number of nitrogens with one attached hydrogen (secondary N) is 1. The van der Waals surface area contributed by atoms with E-state index in [-0.39, 0.29) is 0 Å². The molecule has 2 nitrogen and oxygen atoms in total. The fourth-order valence-corrected chi connectivity index (χ4v) is 1.50. The predicted octanol–water partition coefficient (Wildman–Crippen LogP) is 4.03. The van der Waals surface area contributed by atoms with E-state index in [9.17, 15) is 0 Å². The first-order valence-electron chi connectivity index (χ1n) is 7.52. The molecule has 0 aromatic carbocycles. The molecule has 0 bridgehead atoms. The van der Waals surface area contributed by atoms with Gasteiger partial charge in [0.25, 0.3) is 0 Å². The van der Waals surface area contributed by atoms with Gasteiger partial charge in [0.05, 0.1) is 0 Å². The Morgan fingerprint density at radius 3 is 2.33 bits per heavy atom. The third-order valence-corrected chi connectivity index (χ3v) is 2.76. The third-order valence-electron chi connectivity index (χ3n) is 2.76. The van der Waals surface area contributed by atoms with Crippen molar-refractivity contribution in [1.29, 1.82) is 0 Å². The van der Waals surface area contributed by atoms with Crippen molar-refractivity contribution in [1.82, 2.24) is 5.32 Å². The molecule has 108 valence electrons. The van der Waals surface area contributed by atoms with E-state index < -0.39 is 0 Å². The average Bonchev–Trinajstić information content (AvgIpc) is 2.43. The van der Waals surface area contributed by atoms with Gasteiger partial charge in [-0.1, -0.05) is 45.4 Å². The van der Waals surface area contributed by atoms with Gasteiger partial charge in [-0.15, -0.1) is 0 Å². The van der Waals surface area contributed by atoms with E-state index in [0.717, 1.165) is 45.3 Å². The summed E-state index contributed by atoms with van der Waals surface area (Å²) in [4.78, 5) is 0. The minimum absolute atomic E-state index is 0.777. The molecule has 0 aromatic heterocycles. The van der Waals surface area contributed by atoms with E-state index in [1.807, 2.05) is 13.8 Å². The van der Waals surface area contributed by atoms with E-state index >= 15 is 0 Å². The quantitative estimate of drug-likeness (QED) is 0.481. The molecule has 0 atom stereocenters. The molecule has 0 unspecified atom stereocenters. The van der Waals surface area contributed by atoms with Gasteiger partial charge in [0.15, 0.2) is 0 Å². The van der Waals surface area contributed by atoms with Gasteiger partial charge in [0.2, 0.25) is 0 Å². The molecule has 0 aromatic rings. The molecular weight excluding hydrogens is 220 g/mol. The van der Waals surface area contributed by atoms with Crippen molar-refractivity contribution in [2.75, 3.05) is 19.6 Å². The second-order valence-electron chi connectivity index (χ2n) is 4.11. The van der Waals surface area contributed by atoms with Crippen LogP contribution in [0.3, 0.4) is 0 Å². The zero-order chi connectivity index (χ0) is 14.2. The largest absolute Gasteiger partial charge is 0.330 e. The molecule has 0 amide bonds. The maximum Gasteiger partial charge on any atom is -0.000836 e. The van der Waals surface area contributed by atoms with Gasteiger partial charge in [0, 0.05) is 0 Å². The maximum absolute atomic E-state index is 5.45. The summed E-state index contributed by atoms with van der Waals surface area (Å²) in [6, 6.07) is 0. The lowest BCUT2D eigenvalue weighted by molar-refractivity contribution is 0.652. The van der Waals surface area contributed by atoms with E-state index in [4.69, 9.17) is 5.73 Å². The Labute approximate surface area is 115 Å². The zero-order valence-electron chi connectivity index (χ0n) is 13.2. The van der Waals surface area contributed by atoms with Crippen molar-refractivity contribution in [3.8, 4) is 0 Å². The van der Waals surface area contributed by atoms with Crippen molar-refractivity contribution in [3.63, 3.8) is 0 Å². The molecule has 0 heterocycles. The fourth-order valence-electron chi connectivity index (χ4n) is 1.50. The summed E-state index contributed by atoms with van der Waals surface area (Å²) in [6.07, 6.45) is 8.97. The summed E-state index contributed by atoms with van der Waals surface area (Å²) < 4.78 is 0. The number of allylic oxidation sites excluding steroid dienone is 3.